The van der Waals surface area contributed by atoms with Crippen LogP contribution in [0, 0.1) is 0 Å². The summed E-state index contributed by atoms with van der Waals surface area (Å²) in [4.78, 5) is 26.3. The summed E-state index contributed by atoms with van der Waals surface area (Å²) in [7, 11) is 0. The minimum atomic E-state index is -1.03. The lowest BCUT2D eigenvalue weighted by molar-refractivity contribution is -0.138. The number of hydrogen-bond acceptors (Lipinski definition) is 5. The molecule has 0 atom stereocenters. The maximum absolute atomic E-state index is 11.6. The predicted molar refractivity (Wildman–Crippen MR) is 90.5 cm³/mol. The Morgan fingerprint density at radius 2 is 1.75 bits per heavy atom. The molecule has 1 saturated heterocycles. The number of piperazine rings is 1. The van der Waals surface area contributed by atoms with Crippen molar-refractivity contribution in [2.75, 3.05) is 52.4 Å². The Labute approximate surface area is 146 Å². The van der Waals surface area contributed by atoms with Crippen LogP contribution < -0.4 is 10.1 Å². The largest absolute Gasteiger partial charge is 0.492 e. The van der Waals surface area contributed by atoms with E-state index in [-0.39, 0.29) is 19.0 Å². The van der Waals surface area contributed by atoms with E-state index >= 15 is 0 Å². The first kappa shape index (κ1) is 18.5. The second-order valence-corrected chi connectivity index (χ2v) is 6.03. The first-order valence-corrected chi connectivity index (χ1v) is 8.22. The Morgan fingerprint density at radius 3 is 2.38 bits per heavy atom. The van der Waals surface area contributed by atoms with Gasteiger partial charge in [0.15, 0.2) is 0 Å². The molecule has 1 fully saturated rings. The number of hydrogen-bond donors (Lipinski definition) is 2. The summed E-state index contributed by atoms with van der Waals surface area (Å²) in [6, 6.07) is 7.28. The Morgan fingerprint density at radius 1 is 1.12 bits per heavy atom. The van der Waals surface area contributed by atoms with Crippen molar-refractivity contribution in [3.05, 3.63) is 29.3 Å². The zero-order chi connectivity index (χ0) is 17.4. The minimum absolute atomic E-state index is 0.238. The maximum atomic E-state index is 11.6. The molecule has 132 valence electrons. The van der Waals surface area contributed by atoms with Gasteiger partial charge in [0.25, 0.3) is 0 Å². The second kappa shape index (κ2) is 9.46. The molecule has 0 aliphatic carbocycles. The van der Waals surface area contributed by atoms with E-state index in [0.29, 0.717) is 11.6 Å². The summed E-state index contributed by atoms with van der Waals surface area (Å²) in [6.45, 7) is 4.60. The topological polar surface area (TPSA) is 82.1 Å². The van der Waals surface area contributed by atoms with Crippen molar-refractivity contribution in [1.29, 1.82) is 0 Å². The van der Waals surface area contributed by atoms with Gasteiger partial charge >= 0.3 is 5.97 Å². The normalized spacial score (nSPS) is 15.9. The quantitative estimate of drug-likeness (QED) is 0.708. The number of nitrogens with one attached hydrogen (secondary N) is 1. The number of carbonyl (C=O) groups is 2. The first-order valence-electron chi connectivity index (χ1n) is 7.84. The molecular weight excluding hydrogens is 334 g/mol. The number of carbonyl (C=O) groups excluding carboxylic acids is 1. The van der Waals surface area contributed by atoms with Crippen molar-refractivity contribution in [3.8, 4) is 5.75 Å². The molecule has 2 N–H and O–H groups in total. The van der Waals surface area contributed by atoms with Gasteiger partial charge in [-0.1, -0.05) is 11.6 Å². The number of nitrogens with zero attached hydrogens (tertiary/aromatic N) is 2. The molecule has 7 nitrogen and oxygen atoms in total. The van der Waals surface area contributed by atoms with Gasteiger partial charge in [0, 0.05) is 37.7 Å². The average molecular weight is 356 g/mol. The number of carboxylic acids is 1. The molecule has 24 heavy (non-hydrogen) atoms. The minimum Gasteiger partial charge on any atom is -0.492 e. The van der Waals surface area contributed by atoms with Crippen LogP contribution in [-0.2, 0) is 9.59 Å². The smallest absolute Gasteiger partial charge is 0.322 e. The standard InChI is InChI=1S/C16H22ClN3O4/c17-13-1-3-14(4-2-13)24-10-9-19-5-7-20(8-6-19)12-15(21)18-11-16(22)23/h1-4H,5-12H2,(H,18,21)(H,22,23). The molecule has 0 saturated carbocycles. The molecule has 0 spiro atoms. The lowest BCUT2D eigenvalue weighted by Crippen LogP contribution is -2.50. The van der Waals surface area contributed by atoms with Crippen LogP contribution in [0.2, 0.25) is 5.02 Å². The number of halogens is 1. The third kappa shape index (κ3) is 6.74. The molecule has 2 rings (SSSR count). The van der Waals surface area contributed by atoms with Gasteiger partial charge in [-0.05, 0) is 24.3 Å². The third-order valence-corrected chi connectivity index (χ3v) is 4.01. The molecule has 0 bridgehead atoms. The summed E-state index contributed by atoms with van der Waals surface area (Å²) in [5.74, 6) is -0.487. The third-order valence-electron chi connectivity index (χ3n) is 3.76. The molecule has 0 aromatic heterocycles. The van der Waals surface area contributed by atoms with E-state index in [1.807, 2.05) is 17.0 Å². The van der Waals surface area contributed by atoms with Crippen LogP contribution in [0.4, 0.5) is 0 Å². The fourth-order valence-electron chi connectivity index (χ4n) is 2.43. The predicted octanol–water partition coefficient (Wildman–Crippen LogP) is 0.537. The summed E-state index contributed by atoms with van der Waals surface area (Å²) in [5.41, 5.74) is 0. The van der Waals surface area contributed by atoms with Gasteiger partial charge in [0.2, 0.25) is 5.91 Å². The van der Waals surface area contributed by atoms with Crippen LogP contribution in [0.5, 0.6) is 5.75 Å². The molecule has 1 heterocycles. The Bertz CT molecular complexity index is 545. The van der Waals surface area contributed by atoms with Gasteiger partial charge in [-0.3, -0.25) is 19.4 Å². The van der Waals surface area contributed by atoms with E-state index in [1.54, 1.807) is 12.1 Å². The Balaban J connectivity index is 1.59. The average Bonchev–Trinajstić information content (AvgIpc) is 2.56. The zero-order valence-corrected chi connectivity index (χ0v) is 14.2. The van der Waals surface area contributed by atoms with Crippen LogP contribution in [0.25, 0.3) is 0 Å². The van der Waals surface area contributed by atoms with Crippen LogP contribution in [0.3, 0.4) is 0 Å². The van der Waals surface area contributed by atoms with Crippen LogP contribution in [-0.4, -0.2) is 79.2 Å². The Hall–Kier alpha value is -1.83. The van der Waals surface area contributed by atoms with Crippen LogP contribution in [0.15, 0.2) is 24.3 Å². The fraction of sp³-hybridized carbons (Fsp3) is 0.500. The van der Waals surface area contributed by atoms with E-state index in [9.17, 15) is 9.59 Å². The number of rotatable bonds is 8. The monoisotopic (exact) mass is 355 g/mol. The highest BCUT2D eigenvalue weighted by Gasteiger charge is 2.18. The SMILES string of the molecule is O=C(O)CNC(=O)CN1CCN(CCOc2ccc(Cl)cc2)CC1. The maximum Gasteiger partial charge on any atom is 0.322 e. The van der Waals surface area contributed by atoms with Gasteiger partial charge in [-0.15, -0.1) is 0 Å². The number of amides is 1. The molecule has 1 amide bonds. The van der Waals surface area contributed by atoms with Crippen molar-refractivity contribution in [3.63, 3.8) is 0 Å². The first-order chi connectivity index (χ1) is 11.5. The summed E-state index contributed by atoms with van der Waals surface area (Å²) in [5, 5.41) is 11.6. The molecular formula is C16H22ClN3O4. The highest BCUT2D eigenvalue weighted by molar-refractivity contribution is 6.30. The zero-order valence-electron chi connectivity index (χ0n) is 13.4. The summed E-state index contributed by atoms with van der Waals surface area (Å²) >= 11 is 5.83. The van der Waals surface area contributed by atoms with Gasteiger partial charge in [0.05, 0.1) is 6.54 Å². The van der Waals surface area contributed by atoms with Crippen molar-refractivity contribution in [2.24, 2.45) is 0 Å². The number of aliphatic carboxylic acids is 1. The van der Waals surface area contributed by atoms with Crippen molar-refractivity contribution in [2.45, 2.75) is 0 Å². The number of benzene rings is 1. The number of carboxylic acid groups (broad SMARTS) is 1. The Kier molecular flexibility index (Phi) is 7.30. The van der Waals surface area contributed by atoms with E-state index in [2.05, 4.69) is 10.2 Å². The summed E-state index contributed by atoms with van der Waals surface area (Å²) < 4.78 is 5.68. The van der Waals surface area contributed by atoms with Gasteiger partial charge in [-0.25, -0.2) is 0 Å². The number of ether oxygens (including phenoxy) is 1. The highest BCUT2D eigenvalue weighted by Crippen LogP contribution is 2.15. The van der Waals surface area contributed by atoms with E-state index < -0.39 is 5.97 Å². The molecule has 0 radical (unpaired) electrons. The lowest BCUT2D eigenvalue weighted by atomic mass is 10.3. The lowest BCUT2D eigenvalue weighted by Gasteiger charge is -2.34. The van der Waals surface area contributed by atoms with E-state index in [1.165, 1.54) is 0 Å². The second-order valence-electron chi connectivity index (χ2n) is 5.59. The van der Waals surface area contributed by atoms with Gasteiger partial charge in [0.1, 0.15) is 18.9 Å². The summed E-state index contributed by atoms with van der Waals surface area (Å²) in [6.07, 6.45) is 0. The molecule has 1 aromatic carbocycles. The van der Waals surface area contributed by atoms with Crippen LogP contribution >= 0.6 is 11.6 Å². The molecule has 1 aliphatic rings. The van der Waals surface area contributed by atoms with E-state index in [0.717, 1.165) is 38.5 Å². The van der Waals surface area contributed by atoms with Crippen LogP contribution in [0.1, 0.15) is 0 Å². The van der Waals surface area contributed by atoms with E-state index in [4.69, 9.17) is 21.4 Å². The van der Waals surface area contributed by atoms with Gasteiger partial charge < -0.3 is 15.2 Å². The molecule has 1 aromatic rings. The fourth-order valence-corrected chi connectivity index (χ4v) is 2.55. The van der Waals surface area contributed by atoms with Crippen molar-refractivity contribution in [1.82, 2.24) is 15.1 Å². The molecule has 1 aliphatic heterocycles. The van der Waals surface area contributed by atoms with Gasteiger partial charge in [-0.2, -0.15) is 0 Å². The van der Waals surface area contributed by atoms with Crippen molar-refractivity contribution >= 4 is 23.5 Å². The highest BCUT2D eigenvalue weighted by atomic mass is 35.5. The van der Waals surface area contributed by atoms with Crippen molar-refractivity contribution < 1.29 is 19.4 Å². The molecule has 0 unspecified atom stereocenters. The molecule has 8 heteroatoms.